The number of halogens is 1. The minimum absolute atomic E-state index is 0. The molecule has 4 heteroatoms. The van der Waals surface area contributed by atoms with Crippen LogP contribution < -0.4 is 5.73 Å². The van der Waals surface area contributed by atoms with Gasteiger partial charge in [0.25, 0.3) is 0 Å². The molecule has 0 fully saturated rings. The molecule has 0 aliphatic rings. The molecular formula is C9H11ClN2O. The number of hydrogen-bond donors (Lipinski definition) is 2. The van der Waals surface area contributed by atoms with Gasteiger partial charge in [0, 0.05) is 5.56 Å². The van der Waals surface area contributed by atoms with Crippen molar-refractivity contribution in [3.05, 3.63) is 35.9 Å². The molecule has 3 nitrogen and oxygen atoms in total. The minimum atomic E-state index is -0.108. The summed E-state index contributed by atoms with van der Waals surface area (Å²) in [5.41, 5.74) is 5.70. The number of carbonyl (C=O) groups is 1. The van der Waals surface area contributed by atoms with Crippen molar-refractivity contribution in [2.75, 3.05) is 0 Å². The van der Waals surface area contributed by atoms with E-state index in [4.69, 9.17) is 11.1 Å². The average Bonchev–Trinajstić information content (AvgIpc) is 2.05. The maximum absolute atomic E-state index is 11.2. The quantitative estimate of drug-likeness (QED) is 0.440. The fourth-order valence-electron chi connectivity index (χ4n) is 0.899. The van der Waals surface area contributed by atoms with Crippen LogP contribution in [0.3, 0.4) is 0 Å². The first-order valence-electron chi connectivity index (χ1n) is 3.61. The third kappa shape index (κ3) is 3.71. The van der Waals surface area contributed by atoms with Crippen molar-refractivity contribution in [2.24, 2.45) is 5.73 Å². The fourth-order valence-corrected chi connectivity index (χ4v) is 0.899. The molecule has 0 atom stereocenters. The molecule has 0 saturated heterocycles. The van der Waals surface area contributed by atoms with Gasteiger partial charge in [-0.05, 0) is 0 Å². The van der Waals surface area contributed by atoms with Crippen molar-refractivity contribution >= 4 is 24.0 Å². The van der Waals surface area contributed by atoms with Crippen LogP contribution in [-0.4, -0.2) is 11.6 Å². The molecule has 1 aromatic carbocycles. The zero-order valence-corrected chi connectivity index (χ0v) is 7.80. The van der Waals surface area contributed by atoms with E-state index in [-0.39, 0.29) is 30.4 Å². The third-order valence-corrected chi connectivity index (χ3v) is 1.45. The van der Waals surface area contributed by atoms with Gasteiger partial charge in [-0.15, -0.1) is 12.4 Å². The Morgan fingerprint density at radius 3 is 2.31 bits per heavy atom. The van der Waals surface area contributed by atoms with Crippen LogP contribution in [0.1, 0.15) is 16.8 Å². The molecule has 70 valence electrons. The van der Waals surface area contributed by atoms with Gasteiger partial charge in [0.1, 0.15) is 0 Å². The molecule has 0 saturated carbocycles. The molecule has 0 amide bonds. The first kappa shape index (κ1) is 11.6. The Bertz CT molecular complexity index is 298. The van der Waals surface area contributed by atoms with Crippen molar-refractivity contribution in [1.82, 2.24) is 0 Å². The van der Waals surface area contributed by atoms with Crippen LogP contribution in [0.2, 0.25) is 0 Å². The lowest BCUT2D eigenvalue weighted by Gasteiger charge is -1.97. The lowest BCUT2D eigenvalue weighted by Crippen LogP contribution is -2.15. The number of nitrogens with two attached hydrogens (primary N) is 1. The van der Waals surface area contributed by atoms with Gasteiger partial charge in [-0.1, -0.05) is 30.3 Å². The molecule has 1 aromatic rings. The molecule has 0 bridgehead atoms. The standard InChI is InChI=1S/C9H10N2O.ClH/c10-9(11)6-8(12)7-4-2-1-3-5-7;/h1-5H,6H2,(H3,10,11);1H. The molecule has 0 spiro atoms. The summed E-state index contributed by atoms with van der Waals surface area (Å²) in [7, 11) is 0. The summed E-state index contributed by atoms with van der Waals surface area (Å²) in [4.78, 5) is 11.2. The number of amidine groups is 1. The zero-order chi connectivity index (χ0) is 8.97. The Hall–Kier alpha value is -1.35. The summed E-state index contributed by atoms with van der Waals surface area (Å²) in [5.74, 6) is -0.202. The molecule has 1 rings (SSSR count). The first-order valence-corrected chi connectivity index (χ1v) is 3.61. The second-order valence-electron chi connectivity index (χ2n) is 2.49. The van der Waals surface area contributed by atoms with Gasteiger partial charge in [0.2, 0.25) is 0 Å². The summed E-state index contributed by atoms with van der Waals surface area (Å²) in [6.07, 6.45) is 0.00398. The van der Waals surface area contributed by atoms with Crippen molar-refractivity contribution in [3.63, 3.8) is 0 Å². The van der Waals surface area contributed by atoms with Crippen LogP contribution in [-0.2, 0) is 0 Å². The van der Waals surface area contributed by atoms with Crippen LogP contribution in [0.5, 0.6) is 0 Å². The lowest BCUT2D eigenvalue weighted by atomic mass is 10.1. The Morgan fingerprint density at radius 1 is 1.31 bits per heavy atom. The van der Waals surface area contributed by atoms with E-state index in [1.54, 1.807) is 24.3 Å². The Balaban J connectivity index is 0.00000144. The highest BCUT2D eigenvalue weighted by Crippen LogP contribution is 2.01. The van der Waals surface area contributed by atoms with Gasteiger partial charge < -0.3 is 5.73 Å². The second-order valence-corrected chi connectivity index (χ2v) is 2.49. The third-order valence-electron chi connectivity index (χ3n) is 1.45. The highest BCUT2D eigenvalue weighted by atomic mass is 35.5. The Kier molecular flexibility index (Phi) is 4.77. The molecule has 13 heavy (non-hydrogen) atoms. The molecule has 0 unspecified atom stereocenters. The van der Waals surface area contributed by atoms with Gasteiger partial charge in [-0.2, -0.15) is 0 Å². The molecule has 3 N–H and O–H groups in total. The Morgan fingerprint density at radius 2 is 1.85 bits per heavy atom. The van der Waals surface area contributed by atoms with Crippen LogP contribution >= 0.6 is 12.4 Å². The normalized spacial score (nSPS) is 8.62. The summed E-state index contributed by atoms with van der Waals surface area (Å²) in [6.45, 7) is 0. The molecule has 0 heterocycles. The number of Topliss-reactive ketones (excluding diaryl/α,β-unsaturated/α-hetero) is 1. The van der Waals surface area contributed by atoms with Gasteiger partial charge in [0.15, 0.2) is 5.78 Å². The number of nitrogens with one attached hydrogen (secondary N) is 1. The summed E-state index contributed by atoms with van der Waals surface area (Å²) in [6, 6.07) is 8.84. The molecule has 0 radical (unpaired) electrons. The highest BCUT2D eigenvalue weighted by molar-refractivity contribution is 6.07. The second kappa shape index (κ2) is 5.32. The van der Waals surface area contributed by atoms with Crippen molar-refractivity contribution in [2.45, 2.75) is 6.42 Å². The Labute approximate surface area is 82.9 Å². The molecule has 0 aliphatic heterocycles. The number of ketones is 1. The summed E-state index contributed by atoms with van der Waals surface area (Å²) in [5, 5.41) is 6.93. The zero-order valence-electron chi connectivity index (χ0n) is 6.99. The summed E-state index contributed by atoms with van der Waals surface area (Å²) < 4.78 is 0. The van der Waals surface area contributed by atoms with Crippen LogP contribution in [0.25, 0.3) is 0 Å². The van der Waals surface area contributed by atoms with E-state index in [1.807, 2.05) is 6.07 Å². The van der Waals surface area contributed by atoms with Crippen LogP contribution in [0.15, 0.2) is 30.3 Å². The number of rotatable bonds is 3. The van der Waals surface area contributed by atoms with Crippen LogP contribution in [0, 0.1) is 5.41 Å². The lowest BCUT2D eigenvalue weighted by molar-refractivity contribution is 0.100. The monoisotopic (exact) mass is 198 g/mol. The van der Waals surface area contributed by atoms with Gasteiger partial charge in [-0.25, -0.2) is 0 Å². The van der Waals surface area contributed by atoms with E-state index in [0.29, 0.717) is 5.56 Å². The van der Waals surface area contributed by atoms with Gasteiger partial charge in [-0.3, -0.25) is 10.2 Å². The van der Waals surface area contributed by atoms with Crippen molar-refractivity contribution in [1.29, 1.82) is 5.41 Å². The largest absolute Gasteiger partial charge is 0.387 e. The highest BCUT2D eigenvalue weighted by Gasteiger charge is 2.04. The van der Waals surface area contributed by atoms with E-state index in [9.17, 15) is 4.79 Å². The predicted octanol–water partition coefficient (Wildman–Crippen LogP) is 1.62. The van der Waals surface area contributed by atoms with Gasteiger partial charge >= 0.3 is 0 Å². The smallest absolute Gasteiger partial charge is 0.170 e. The van der Waals surface area contributed by atoms with Gasteiger partial charge in [0.05, 0.1) is 12.3 Å². The topological polar surface area (TPSA) is 66.9 Å². The summed E-state index contributed by atoms with van der Waals surface area (Å²) >= 11 is 0. The number of hydrogen-bond acceptors (Lipinski definition) is 2. The first-order chi connectivity index (χ1) is 5.70. The molecule has 0 aliphatic carbocycles. The van der Waals surface area contributed by atoms with E-state index < -0.39 is 0 Å². The number of carbonyl (C=O) groups excluding carboxylic acids is 1. The average molecular weight is 199 g/mol. The van der Waals surface area contributed by atoms with E-state index in [0.717, 1.165) is 0 Å². The SMILES string of the molecule is Cl.N=C(N)CC(=O)c1ccccc1. The fraction of sp³-hybridized carbons (Fsp3) is 0.111. The van der Waals surface area contributed by atoms with E-state index in [2.05, 4.69) is 0 Å². The minimum Gasteiger partial charge on any atom is -0.387 e. The van der Waals surface area contributed by atoms with Crippen LogP contribution in [0.4, 0.5) is 0 Å². The predicted molar refractivity (Wildman–Crippen MR) is 54.6 cm³/mol. The molecule has 0 aromatic heterocycles. The van der Waals surface area contributed by atoms with Crippen molar-refractivity contribution < 1.29 is 4.79 Å². The maximum atomic E-state index is 11.2. The molecular weight excluding hydrogens is 188 g/mol. The van der Waals surface area contributed by atoms with E-state index in [1.165, 1.54) is 0 Å². The van der Waals surface area contributed by atoms with Crippen molar-refractivity contribution in [3.8, 4) is 0 Å². The van der Waals surface area contributed by atoms with E-state index >= 15 is 0 Å². The maximum Gasteiger partial charge on any atom is 0.170 e. The number of benzene rings is 1.